The van der Waals surface area contributed by atoms with Crippen LogP contribution in [-0.4, -0.2) is 11.8 Å². The van der Waals surface area contributed by atoms with Crippen molar-refractivity contribution in [1.29, 1.82) is 0 Å². The van der Waals surface area contributed by atoms with Gasteiger partial charge in [0, 0.05) is 12.8 Å². The maximum atomic E-state index is 11.6. The predicted molar refractivity (Wildman–Crippen MR) is 62.1 cm³/mol. The standard InChI is InChI=1S/C12H14N2O2/c1-8(15)13-10-4-2-3-5-11(10)14-12(16)9-6-7-9/h2-5,9H,6-7H2,1H3,(H,13,15)(H,14,16). The molecule has 4 heteroatoms. The zero-order valence-electron chi connectivity index (χ0n) is 9.12. The first-order chi connectivity index (χ1) is 7.66. The molecule has 0 aromatic heterocycles. The Balaban J connectivity index is 2.11. The lowest BCUT2D eigenvalue weighted by Gasteiger charge is -2.10. The molecule has 84 valence electrons. The van der Waals surface area contributed by atoms with E-state index in [9.17, 15) is 9.59 Å². The number of rotatable bonds is 3. The molecule has 0 unspecified atom stereocenters. The number of amides is 2. The topological polar surface area (TPSA) is 58.2 Å². The third kappa shape index (κ3) is 2.59. The van der Waals surface area contributed by atoms with Gasteiger partial charge in [-0.25, -0.2) is 0 Å². The summed E-state index contributed by atoms with van der Waals surface area (Å²) < 4.78 is 0. The van der Waals surface area contributed by atoms with Crippen molar-refractivity contribution in [2.45, 2.75) is 19.8 Å². The highest BCUT2D eigenvalue weighted by atomic mass is 16.2. The van der Waals surface area contributed by atoms with Gasteiger partial charge in [0.2, 0.25) is 11.8 Å². The molecule has 2 N–H and O–H groups in total. The van der Waals surface area contributed by atoms with Crippen LogP contribution in [0.4, 0.5) is 11.4 Å². The lowest BCUT2D eigenvalue weighted by molar-refractivity contribution is -0.117. The van der Waals surface area contributed by atoms with Crippen molar-refractivity contribution >= 4 is 23.2 Å². The minimum atomic E-state index is -0.145. The Morgan fingerprint density at radius 3 is 2.19 bits per heavy atom. The van der Waals surface area contributed by atoms with Crippen molar-refractivity contribution in [1.82, 2.24) is 0 Å². The summed E-state index contributed by atoms with van der Waals surface area (Å²) in [6, 6.07) is 7.20. The van der Waals surface area contributed by atoms with Gasteiger partial charge in [-0.2, -0.15) is 0 Å². The van der Waals surface area contributed by atoms with Crippen LogP contribution < -0.4 is 10.6 Å². The van der Waals surface area contributed by atoms with Gasteiger partial charge in [-0.05, 0) is 25.0 Å². The molecule has 0 heterocycles. The highest BCUT2D eigenvalue weighted by molar-refractivity contribution is 6.00. The highest BCUT2D eigenvalue weighted by Crippen LogP contribution is 2.31. The summed E-state index contributed by atoms with van der Waals surface area (Å²) in [5, 5.41) is 5.51. The first-order valence-corrected chi connectivity index (χ1v) is 5.34. The summed E-state index contributed by atoms with van der Waals surface area (Å²) in [6.07, 6.45) is 1.93. The number of anilines is 2. The monoisotopic (exact) mass is 218 g/mol. The first kappa shape index (κ1) is 10.7. The molecule has 16 heavy (non-hydrogen) atoms. The molecule has 1 aliphatic carbocycles. The second-order valence-corrected chi connectivity index (χ2v) is 3.99. The molecular weight excluding hydrogens is 204 g/mol. The minimum Gasteiger partial charge on any atom is -0.325 e. The van der Waals surface area contributed by atoms with Crippen molar-refractivity contribution in [3.05, 3.63) is 24.3 Å². The average Bonchev–Trinajstić information content (AvgIpc) is 3.03. The van der Waals surface area contributed by atoms with Gasteiger partial charge in [0.15, 0.2) is 0 Å². The predicted octanol–water partition coefficient (Wildman–Crippen LogP) is 1.99. The van der Waals surface area contributed by atoms with Gasteiger partial charge in [-0.15, -0.1) is 0 Å². The molecule has 1 saturated carbocycles. The van der Waals surface area contributed by atoms with E-state index in [4.69, 9.17) is 0 Å². The van der Waals surface area contributed by atoms with Crippen molar-refractivity contribution in [2.24, 2.45) is 5.92 Å². The Morgan fingerprint density at radius 2 is 1.69 bits per heavy atom. The Kier molecular flexibility index (Phi) is 2.90. The van der Waals surface area contributed by atoms with Crippen molar-refractivity contribution in [3.8, 4) is 0 Å². The Bertz CT molecular complexity index is 425. The molecule has 0 bridgehead atoms. The number of nitrogens with one attached hydrogen (secondary N) is 2. The maximum Gasteiger partial charge on any atom is 0.227 e. The molecule has 1 aromatic rings. The third-order valence-electron chi connectivity index (χ3n) is 2.44. The summed E-state index contributed by atoms with van der Waals surface area (Å²) in [5.41, 5.74) is 1.30. The molecule has 1 aromatic carbocycles. The van der Waals surface area contributed by atoms with Crippen LogP contribution in [0, 0.1) is 5.92 Å². The van der Waals surface area contributed by atoms with Gasteiger partial charge in [0.05, 0.1) is 11.4 Å². The van der Waals surface area contributed by atoms with Gasteiger partial charge < -0.3 is 10.6 Å². The SMILES string of the molecule is CC(=O)Nc1ccccc1NC(=O)C1CC1. The largest absolute Gasteiger partial charge is 0.325 e. The van der Waals surface area contributed by atoms with Crippen LogP contribution in [0.3, 0.4) is 0 Å². The lowest BCUT2D eigenvalue weighted by Crippen LogP contribution is -2.16. The molecule has 0 atom stereocenters. The molecule has 0 spiro atoms. The molecule has 0 aliphatic heterocycles. The van der Waals surface area contributed by atoms with Crippen LogP contribution in [0.25, 0.3) is 0 Å². The van der Waals surface area contributed by atoms with E-state index in [0.29, 0.717) is 11.4 Å². The zero-order valence-corrected chi connectivity index (χ0v) is 9.12. The number of carbonyl (C=O) groups excluding carboxylic acids is 2. The average molecular weight is 218 g/mol. The molecular formula is C12H14N2O2. The smallest absolute Gasteiger partial charge is 0.227 e. The Labute approximate surface area is 94.0 Å². The summed E-state index contributed by atoms with van der Waals surface area (Å²) in [4.78, 5) is 22.6. The van der Waals surface area contributed by atoms with E-state index >= 15 is 0 Å². The van der Waals surface area contributed by atoms with Crippen LogP contribution in [-0.2, 0) is 9.59 Å². The number of hydrogen-bond acceptors (Lipinski definition) is 2. The summed E-state index contributed by atoms with van der Waals surface area (Å²) in [5.74, 6) is 0.0521. The second kappa shape index (κ2) is 4.35. The lowest BCUT2D eigenvalue weighted by atomic mass is 10.2. The van der Waals surface area contributed by atoms with E-state index in [-0.39, 0.29) is 17.7 Å². The number of para-hydroxylation sites is 2. The van der Waals surface area contributed by atoms with Crippen molar-refractivity contribution in [3.63, 3.8) is 0 Å². The van der Waals surface area contributed by atoms with E-state index in [0.717, 1.165) is 12.8 Å². The first-order valence-electron chi connectivity index (χ1n) is 5.34. The van der Waals surface area contributed by atoms with Crippen LogP contribution in [0.15, 0.2) is 24.3 Å². The van der Waals surface area contributed by atoms with Gasteiger partial charge in [0.25, 0.3) is 0 Å². The van der Waals surface area contributed by atoms with E-state index in [1.54, 1.807) is 12.1 Å². The Morgan fingerprint density at radius 1 is 1.12 bits per heavy atom. The number of carbonyl (C=O) groups is 2. The van der Waals surface area contributed by atoms with Gasteiger partial charge in [-0.1, -0.05) is 12.1 Å². The highest BCUT2D eigenvalue weighted by Gasteiger charge is 2.29. The fraction of sp³-hybridized carbons (Fsp3) is 0.333. The van der Waals surface area contributed by atoms with Crippen LogP contribution in [0.2, 0.25) is 0 Å². The summed E-state index contributed by atoms with van der Waals surface area (Å²) in [7, 11) is 0. The van der Waals surface area contributed by atoms with E-state index in [1.807, 2.05) is 12.1 Å². The van der Waals surface area contributed by atoms with Crippen molar-refractivity contribution < 1.29 is 9.59 Å². The van der Waals surface area contributed by atoms with E-state index < -0.39 is 0 Å². The zero-order chi connectivity index (χ0) is 11.5. The minimum absolute atomic E-state index is 0.0396. The molecule has 2 rings (SSSR count). The molecule has 1 fully saturated rings. The fourth-order valence-electron chi connectivity index (χ4n) is 1.47. The summed E-state index contributed by atoms with van der Waals surface area (Å²) >= 11 is 0. The second-order valence-electron chi connectivity index (χ2n) is 3.99. The Hall–Kier alpha value is -1.84. The van der Waals surface area contributed by atoms with Crippen molar-refractivity contribution in [2.75, 3.05) is 10.6 Å². The normalized spacial score (nSPS) is 14.3. The third-order valence-corrected chi connectivity index (χ3v) is 2.44. The molecule has 2 amide bonds. The van der Waals surface area contributed by atoms with Gasteiger partial charge >= 0.3 is 0 Å². The molecule has 4 nitrogen and oxygen atoms in total. The summed E-state index contributed by atoms with van der Waals surface area (Å²) in [6.45, 7) is 1.44. The van der Waals surface area contributed by atoms with Crippen LogP contribution in [0.5, 0.6) is 0 Å². The molecule has 0 radical (unpaired) electrons. The molecule has 0 saturated heterocycles. The number of hydrogen-bond donors (Lipinski definition) is 2. The van der Waals surface area contributed by atoms with E-state index in [2.05, 4.69) is 10.6 Å². The number of benzene rings is 1. The van der Waals surface area contributed by atoms with Crippen LogP contribution >= 0.6 is 0 Å². The van der Waals surface area contributed by atoms with Gasteiger partial charge in [0.1, 0.15) is 0 Å². The van der Waals surface area contributed by atoms with E-state index in [1.165, 1.54) is 6.92 Å². The fourth-order valence-corrected chi connectivity index (χ4v) is 1.47. The maximum absolute atomic E-state index is 11.6. The van der Waals surface area contributed by atoms with Crippen LogP contribution in [0.1, 0.15) is 19.8 Å². The van der Waals surface area contributed by atoms with Gasteiger partial charge in [-0.3, -0.25) is 9.59 Å². The molecule has 1 aliphatic rings. The quantitative estimate of drug-likeness (QED) is 0.815.